The van der Waals surface area contributed by atoms with Crippen LogP contribution in [0.15, 0.2) is 60.7 Å². The van der Waals surface area contributed by atoms with Crippen LogP contribution in [0.4, 0.5) is 0 Å². The van der Waals surface area contributed by atoms with Crippen LogP contribution in [0.2, 0.25) is 0 Å². The molecule has 3 atom stereocenters. The van der Waals surface area contributed by atoms with Gasteiger partial charge in [0.05, 0.1) is 12.6 Å². The van der Waals surface area contributed by atoms with Gasteiger partial charge in [0, 0.05) is 6.42 Å². The van der Waals surface area contributed by atoms with E-state index in [1.54, 1.807) is 24.3 Å². The van der Waals surface area contributed by atoms with Crippen molar-refractivity contribution in [3.8, 4) is 0 Å². The van der Waals surface area contributed by atoms with Gasteiger partial charge in [-0.15, -0.1) is 0 Å². The van der Waals surface area contributed by atoms with Crippen LogP contribution in [0.25, 0.3) is 0 Å². The lowest BCUT2D eigenvalue weighted by molar-refractivity contribution is -0.141. The Morgan fingerprint density at radius 1 is 0.778 bits per heavy atom. The number of aliphatic carboxylic acids is 1. The third kappa shape index (κ3) is 10.2. The average molecular weight is 498 g/mol. The van der Waals surface area contributed by atoms with E-state index in [1.165, 1.54) is 0 Å². The molecular weight excluding hydrogens is 462 g/mol. The van der Waals surface area contributed by atoms with Crippen LogP contribution in [-0.2, 0) is 32.0 Å². The summed E-state index contributed by atoms with van der Waals surface area (Å²) in [6.45, 7) is 0.00688. The Balaban J connectivity index is 1.91. The molecule has 0 heterocycles. The first-order valence-electron chi connectivity index (χ1n) is 11.9. The highest BCUT2D eigenvalue weighted by Gasteiger charge is 2.25. The number of nitrogens with two attached hydrogens (primary N) is 2. The molecule has 0 saturated heterocycles. The van der Waals surface area contributed by atoms with Gasteiger partial charge in [-0.1, -0.05) is 60.7 Å². The van der Waals surface area contributed by atoms with E-state index in [0.29, 0.717) is 32.2 Å². The molecule has 3 unspecified atom stereocenters. The molecule has 194 valence electrons. The molecule has 0 aliphatic carbocycles. The lowest BCUT2D eigenvalue weighted by Crippen LogP contribution is -2.54. The maximum atomic E-state index is 12.8. The molecule has 8 N–H and O–H groups in total. The van der Waals surface area contributed by atoms with Crippen LogP contribution < -0.4 is 27.4 Å². The Morgan fingerprint density at radius 3 is 1.92 bits per heavy atom. The highest BCUT2D eigenvalue weighted by Crippen LogP contribution is 2.06. The van der Waals surface area contributed by atoms with Crippen molar-refractivity contribution in [3.05, 3.63) is 71.8 Å². The standard InChI is InChI=1S/C26H35N5O5/c27-14-8-7-13-21(31-24(33)20(28)15-18-9-3-1-4-10-18)25(34)29-17-23(32)30-22(26(35)36)16-19-11-5-2-6-12-19/h1-6,9-12,20-22H,7-8,13-17,27-28H2,(H,29,34)(H,30,32)(H,31,33)(H,35,36). The molecule has 0 aliphatic rings. The molecule has 0 saturated carbocycles. The third-order valence-electron chi connectivity index (χ3n) is 5.55. The zero-order valence-corrected chi connectivity index (χ0v) is 20.2. The summed E-state index contributed by atoms with van der Waals surface area (Å²) in [5, 5.41) is 17.0. The Hall–Kier alpha value is -3.76. The van der Waals surface area contributed by atoms with Crippen molar-refractivity contribution in [1.29, 1.82) is 0 Å². The summed E-state index contributed by atoms with van der Waals surface area (Å²) in [6.07, 6.45) is 1.99. The normalized spacial score (nSPS) is 13.2. The van der Waals surface area contributed by atoms with Gasteiger partial charge in [0.25, 0.3) is 0 Å². The molecule has 0 aromatic heterocycles. The predicted octanol–water partition coefficient (Wildman–Crippen LogP) is 0.0985. The number of carboxylic acid groups (broad SMARTS) is 1. The summed E-state index contributed by atoms with van der Waals surface area (Å²) < 4.78 is 0. The van der Waals surface area contributed by atoms with E-state index < -0.39 is 48.4 Å². The van der Waals surface area contributed by atoms with Crippen molar-refractivity contribution >= 4 is 23.7 Å². The van der Waals surface area contributed by atoms with Gasteiger partial charge in [-0.3, -0.25) is 14.4 Å². The zero-order chi connectivity index (χ0) is 26.3. The van der Waals surface area contributed by atoms with E-state index in [-0.39, 0.29) is 6.42 Å². The third-order valence-corrected chi connectivity index (χ3v) is 5.55. The molecule has 10 heteroatoms. The van der Waals surface area contributed by atoms with E-state index >= 15 is 0 Å². The Kier molecular flexibility index (Phi) is 12.1. The second-order valence-corrected chi connectivity index (χ2v) is 8.51. The van der Waals surface area contributed by atoms with Crippen molar-refractivity contribution in [2.24, 2.45) is 11.5 Å². The minimum Gasteiger partial charge on any atom is -0.480 e. The predicted molar refractivity (Wildman–Crippen MR) is 136 cm³/mol. The van der Waals surface area contributed by atoms with E-state index in [4.69, 9.17) is 11.5 Å². The minimum absolute atomic E-state index is 0.104. The molecule has 0 aliphatic heterocycles. The molecule has 0 radical (unpaired) electrons. The number of carbonyl (C=O) groups excluding carboxylic acids is 3. The van der Waals surface area contributed by atoms with Crippen LogP contribution in [0.5, 0.6) is 0 Å². The summed E-state index contributed by atoms with van der Waals surface area (Å²) in [5.41, 5.74) is 13.2. The van der Waals surface area contributed by atoms with E-state index in [1.807, 2.05) is 36.4 Å². The van der Waals surface area contributed by atoms with Crippen molar-refractivity contribution in [2.75, 3.05) is 13.1 Å². The van der Waals surface area contributed by atoms with E-state index in [2.05, 4.69) is 16.0 Å². The number of nitrogens with one attached hydrogen (secondary N) is 3. The van der Waals surface area contributed by atoms with Crippen molar-refractivity contribution in [1.82, 2.24) is 16.0 Å². The van der Waals surface area contributed by atoms with E-state index in [9.17, 15) is 24.3 Å². The SMILES string of the molecule is NCCCCC(NC(=O)C(N)Cc1ccccc1)C(=O)NCC(=O)NC(Cc1ccccc1)C(=O)O. The minimum atomic E-state index is -1.18. The molecule has 0 fully saturated rings. The monoisotopic (exact) mass is 497 g/mol. The van der Waals surface area contributed by atoms with Crippen molar-refractivity contribution < 1.29 is 24.3 Å². The molecule has 2 aromatic rings. The molecule has 2 aromatic carbocycles. The van der Waals surface area contributed by atoms with Gasteiger partial charge in [-0.25, -0.2) is 4.79 Å². The first-order valence-corrected chi connectivity index (χ1v) is 11.9. The topological polar surface area (TPSA) is 177 Å². The lowest BCUT2D eigenvalue weighted by atomic mass is 10.0. The summed E-state index contributed by atoms with van der Waals surface area (Å²) in [7, 11) is 0. The second-order valence-electron chi connectivity index (χ2n) is 8.51. The largest absolute Gasteiger partial charge is 0.480 e. The number of hydrogen-bond acceptors (Lipinski definition) is 6. The maximum absolute atomic E-state index is 12.8. The molecular formula is C26H35N5O5. The number of carboxylic acids is 1. The highest BCUT2D eigenvalue weighted by molar-refractivity contribution is 5.92. The highest BCUT2D eigenvalue weighted by atomic mass is 16.4. The van der Waals surface area contributed by atoms with Gasteiger partial charge in [-0.2, -0.15) is 0 Å². The van der Waals surface area contributed by atoms with Gasteiger partial charge in [0.2, 0.25) is 17.7 Å². The fraction of sp³-hybridized carbons (Fsp3) is 0.385. The van der Waals surface area contributed by atoms with Crippen LogP contribution in [0.3, 0.4) is 0 Å². The fourth-order valence-electron chi connectivity index (χ4n) is 3.59. The molecule has 0 spiro atoms. The number of hydrogen-bond donors (Lipinski definition) is 6. The second kappa shape index (κ2) is 15.3. The smallest absolute Gasteiger partial charge is 0.326 e. The van der Waals surface area contributed by atoms with Crippen LogP contribution >= 0.6 is 0 Å². The molecule has 0 bridgehead atoms. The Labute approximate surface area is 210 Å². The summed E-state index contributed by atoms with van der Waals surface area (Å²) in [6, 6.07) is 15.3. The Morgan fingerprint density at radius 2 is 1.36 bits per heavy atom. The van der Waals surface area contributed by atoms with Crippen LogP contribution in [-0.4, -0.2) is 60.0 Å². The van der Waals surface area contributed by atoms with Gasteiger partial charge >= 0.3 is 5.97 Å². The van der Waals surface area contributed by atoms with Gasteiger partial charge < -0.3 is 32.5 Å². The maximum Gasteiger partial charge on any atom is 0.326 e. The van der Waals surface area contributed by atoms with Crippen molar-refractivity contribution in [3.63, 3.8) is 0 Å². The summed E-state index contributed by atoms with van der Waals surface area (Å²) in [4.78, 5) is 49.3. The van der Waals surface area contributed by atoms with Crippen LogP contribution in [0.1, 0.15) is 30.4 Å². The number of unbranched alkanes of at least 4 members (excludes halogenated alkanes) is 1. The average Bonchev–Trinajstić information content (AvgIpc) is 2.87. The number of benzene rings is 2. The fourth-order valence-corrected chi connectivity index (χ4v) is 3.59. The molecule has 10 nitrogen and oxygen atoms in total. The van der Waals surface area contributed by atoms with Gasteiger partial charge in [0.15, 0.2) is 0 Å². The van der Waals surface area contributed by atoms with Crippen LogP contribution in [0, 0.1) is 0 Å². The quantitative estimate of drug-likeness (QED) is 0.189. The number of amides is 3. The molecule has 36 heavy (non-hydrogen) atoms. The lowest BCUT2D eigenvalue weighted by Gasteiger charge is -2.21. The summed E-state index contributed by atoms with van der Waals surface area (Å²) in [5.74, 6) is -2.88. The molecule has 3 amide bonds. The zero-order valence-electron chi connectivity index (χ0n) is 20.2. The van der Waals surface area contributed by atoms with Gasteiger partial charge in [-0.05, 0) is 43.4 Å². The van der Waals surface area contributed by atoms with E-state index in [0.717, 1.165) is 11.1 Å². The van der Waals surface area contributed by atoms with Gasteiger partial charge in [0.1, 0.15) is 12.1 Å². The number of rotatable bonds is 15. The first-order chi connectivity index (χ1) is 17.3. The Bertz CT molecular complexity index is 987. The summed E-state index contributed by atoms with van der Waals surface area (Å²) >= 11 is 0. The first kappa shape index (κ1) is 28.5. The molecule has 2 rings (SSSR count). The number of carbonyl (C=O) groups is 4. The van der Waals surface area contributed by atoms with Crippen molar-refractivity contribution in [2.45, 2.75) is 50.2 Å².